The quantitative estimate of drug-likeness (QED) is 0.520. The van der Waals surface area contributed by atoms with Gasteiger partial charge in [0.15, 0.2) is 0 Å². The zero-order chi connectivity index (χ0) is 12.2. The van der Waals surface area contributed by atoms with Crippen molar-refractivity contribution in [2.24, 2.45) is 0 Å². The van der Waals surface area contributed by atoms with Gasteiger partial charge in [0.2, 0.25) is 0 Å². The smallest absolute Gasteiger partial charge is 0.256 e. The van der Waals surface area contributed by atoms with Gasteiger partial charge in [0, 0.05) is 0 Å². The van der Waals surface area contributed by atoms with Crippen molar-refractivity contribution in [2.75, 3.05) is 26.4 Å². The van der Waals surface area contributed by atoms with E-state index in [4.69, 9.17) is 18.1 Å². The highest BCUT2D eigenvalue weighted by Crippen LogP contribution is 2.71. The van der Waals surface area contributed by atoms with Gasteiger partial charge in [-0.25, -0.2) is 0 Å². The third-order valence-electron chi connectivity index (χ3n) is 1.42. The lowest BCUT2D eigenvalue weighted by Gasteiger charge is -2.23. The Hall–Kier alpha value is 0.700. The molecule has 4 nitrogen and oxygen atoms in total. The van der Waals surface area contributed by atoms with Crippen LogP contribution in [-0.2, 0) is 18.1 Å². The first-order valence-corrected chi connectivity index (χ1v) is 8.97. The van der Waals surface area contributed by atoms with Crippen molar-refractivity contribution in [3.8, 4) is 0 Å². The van der Waals surface area contributed by atoms with Gasteiger partial charge in [0.1, 0.15) is 0 Å². The van der Waals surface area contributed by atoms with E-state index in [1.54, 1.807) is 0 Å². The summed E-state index contributed by atoms with van der Waals surface area (Å²) in [7, 11) is -2.05. The first-order chi connectivity index (χ1) is 7.79. The summed E-state index contributed by atoms with van der Waals surface area (Å²) in [6.07, 6.45) is 1.96. The van der Waals surface area contributed by atoms with E-state index >= 15 is 0 Å². The number of hydrogen-bond donors (Lipinski definition) is 0. The molecule has 16 heavy (non-hydrogen) atoms. The average Bonchev–Trinajstić information content (AvgIpc) is 2.29. The first-order valence-electron chi connectivity index (χ1n) is 5.91. The second-order valence-electron chi connectivity index (χ2n) is 2.98. The van der Waals surface area contributed by atoms with Crippen LogP contribution in [0.25, 0.3) is 0 Å². The van der Waals surface area contributed by atoms with Crippen LogP contribution in [0.5, 0.6) is 0 Å². The van der Waals surface area contributed by atoms with Crippen molar-refractivity contribution in [1.82, 2.24) is 0 Å². The molecule has 0 rings (SSSR count). The largest absolute Gasteiger partial charge is 0.328 e. The maximum Gasteiger partial charge on any atom is 0.256 e. The van der Waals surface area contributed by atoms with Crippen LogP contribution in [0.2, 0.25) is 0 Å². The molecule has 0 saturated heterocycles. The summed E-state index contributed by atoms with van der Waals surface area (Å²) < 4.78 is 22.5. The Labute approximate surface area is 102 Å². The first kappa shape index (κ1) is 16.7. The van der Waals surface area contributed by atoms with E-state index in [-0.39, 0.29) is 0 Å². The van der Waals surface area contributed by atoms with Crippen LogP contribution < -0.4 is 0 Å². The lowest BCUT2D eigenvalue weighted by molar-refractivity contribution is 0.237. The van der Waals surface area contributed by atoms with Crippen LogP contribution in [0.3, 0.4) is 0 Å². The van der Waals surface area contributed by atoms with Gasteiger partial charge in [-0.3, -0.25) is 0 Å². The highest BCUT2D eigenvalue weighted by atomic mass is 32.1. The van der Waals surface area contributed by atoms with E-state index in [0.29, 0.717) is 26.4 Å². The van der Waals surface area contributed by atoms with E-state index in [0.717, 1.165) is 12.8 Å². The third kappa shape index (κ3) is 7.89. The normalized spacial score (nSPS) is 11.6. The standard InChI is InChI=1S/C10H24O4P2/c1-5-9-13-16(14-10-6-2)15(11-7-3)12-8-4/h5-10H2,1-4H3. The summed E-state index contributed by atoms with van der Waals surface area (Å²) >= 11 is 0. The minimum absolute atomic E-state index is 0.634. The molecule has 0 aliphatic carbocycles. The zero-order valence-electron chi connectivity index (χ0n) is 10.8. The van der Waals surface area contributed by atoms with Gasteiger partial charge < -0.3 is 18.1 Å². The molecule has 0 fully saturated rings. The molecule has 6 heteroatoms. The molecule has 0 aromatic heterocycles. The molecule has 0 aromatic rings. The van der Waals surface area contributed by atoms with Gasteiger partial charge in [0.05, 0.1) is 26.4 Å². The topological polar surface area (TPSA) is 36.9 Å². The minimum Gasteiger partial charge on any atom is -0.328 e. The summed E-state index contributed by atoms with van der Waals surface area (Å²) in [5.41, 5.74) is 0. The fourth-order valence-corrected chi connectivity index (χ4v) is 4.78. The average molecular weight is 270 g/mol. The van der Waals surface area contributed by atoms with E-state index in [9.17, 15) is 0 Å². The van der Waals surface area contributed by atoms with Crippen LogP contribution in [0, 0.1) is 0 Å². The zero-order valence-corrected chi connectivity index (χ0v) is 12.6. The Bertz CT molecular complexity index is 135. The predicted octanol–water partition coefficient (Wildman–Crippen LogP) is 4.45. The molecule has 0 spiro atoms. The van der Waals surface area contributed by atoms with Crippen molar-refractivity contribution < 1.29 is 18.1 Å². The molecule has 0 atom stereocenters. The molecular weight excluding hydrogens is 246 g/mol. The molecule has 0 bridgehead atoms. The van der Waals surface area contributed by atoms with E-state index < -0.39 is 16.1 Å². The monoisotopic (exact) mass is 270 g/mol. The van der Waals surface area contributed by atoms with Gasteiger partial charge >= 0.3 is 0 Å². The number of hydrogen-bond acceptors (Lipinski definition) is 4. The predicted molar refractivity (Wildman–Crippen MR) is 69.6 cm³/mol. The molecular formula is C10H24O4P2. The molecule has 0 heterocycles. The fraction of sp³-hybridized carbons (Fsp3) is 1.00. The van der Waals surface area contributed by atoms with E-state index in [1.165, 1.54) is 0 Å². The number of rotatable bonds is 11. The lowest BCUT2D eigenvalue weighted by Crippen LogP contribution is -1.97. The highest BCUT2D eigenvalue weighted by molar-refractivity contribution is 8.21. The third-order valence-corrected chi connectivity index (χ3v) is 5.64. The molecule has 0 aliphatic rings. The molecule has 98 valence electrons. The van der Waals surface area contributed by atoms with Crippen LogP contribution in [0.1, 0.15) is 40.5 Å². The van der Waals surface area contributed by atoms with Crippen molar-refractivity contribution in [1.29, 1.82) is 0 Å². The molecule has 0 saturated carbocycles. The SMILES string of the molecule is CCCOP(OCCC)P(OCC)OCC. The summed E-state index contributed by atoms with van der Waals surface area (Å²) in [4.78, 5) is 0. The Morgan fingerprint density at radius 1 is 0.625 bits per heavy atom. The molecule has 0 aliphatic heterocycles. The fourth-order valence-electron chi connectivity index (χ4n) is 0.823. The minimum atomic E-state index is -1.03. The van der Waals surface area contributed by atoms with E-state index in [2.05, 4.69) is 13.8 Å². The molecule has 0 N–H and O–H groups in total. The van der Waals surface area contributed by atoms with Crippen molar-refractivity contribution in [3.63, 3.8) is 0 Å². The highest BCUT2D eigenvalue weighted by Gasteiger charge is 2.26. The van der Waals surface area contributed by atoms with Gasteiger partial charge in [-0.05, 0) is 26.7 Å². The second-order valence-corrected chi connectivity index (χ2v) is 6.92. The van der Waals surface area contributed by atoms with Gasteiger partial charge in [-0.2, -0.15) is 0 Å². The van der Waals surface area contributed by atoms with Crippen LogP contribution in [-0.4, -0.2) is 26.4 Å². The van der Waals surface area contributed by atoms with Crippen LogP contribution in [0.4, 0.5) is 0 Å². The molecule has 0 radical (unpaired) electrons. The Balaban J connectivity index is 4.15. The van der Waals surface area contributed by atoms with Crippen molar-refractivity contribution in [2.45, 2.75) is 40.5 Å². The Morgan fingerprint density at radius 3 is 1.31 bits per heavy atom. The Kier molecular flexibility index (Phi) is 12.7. The summed E-state index contributed by atoms with van der Waals surface area (Å²) in [6.45, 7) is 10.8. The van der Waals surface area contributed by atoms with Crippen molar-refractivity contribution in [3.05, 3.63) is 0 Å². The van der Waals surface area contributed by atoms with Gasteiger partial charge in [0.25, 0.3) is 16.1 Å². The van der Waals surface area contributed by atoms with Crippen LogP contribution in [0.15, 0.2) is 0 Å². The maximum atomic E-state index is 5.68. The van der Waals surface area contributed by atoms with Gasteiger partial charge in [-0.1, -0.05) is 13.8 Å². The van der Waals surface area contributed by atoms with Gasteiger partial charge in [-0.15, -0.1) is 0 Å². The maximum absolute atomic E-state index is 5.68. The van der Waals surface area contributed by atoms with E-state index in [1.807, 2.05) is 13.8 Å². The molecule has 0 amide bonds. The summed E-state index contributed by atoms with van der Waals surface area (Å²) in [5, 5.41) is 0. The molecule has 0 aromatic carbocycles. The summed E-state index contributed by atoms with van der Waals surface area (Å²) in [5.74, 6) is 0. The summed E-state index contributed by atoms with van der Waals surface area (Å²) in [6, 6.07) is 0. The molecule has 0 unspecified atom stereocenters. The lowest BCUT2D eigenvalue weighted by atomic mass is 10.5. The second kappa shape index (κ2) is 12.2. The van der Waals surface area contributed by atoms with Crippen molar-refractivity contribution >= 4 is 16.1 Å². The Morgan fingerprint density at radius 2 is 1.00 bits per heavy atom. The van der Waals surface area contributed by atoms with Crippen LogP contribution >= 0.6 is 16.1 Å².